The van der Waals surface area contributed by atoms with Crippen LogP contribution in [0.4, 0.5) is 0 Å². The van der Waals surface area contributed by atoms with Crippen LogP contribution >= 0.6 is 0 Å². The van der Waals surface area contributed by atoms with Crippen molar-refractivity contribution in [1.82, 2.24) is 5.32 Å². The predicted octanol–water partition coefficient (Wildman–Crippen LogP) is 0.667. The van der Waals surface area contributed by atoms with Gasteiger partial charge in [0.25, 0.3) is 0 Å². The van der Waals surface area contributed by atoms with Crippen LogP contribution in [0.5, 0.6) is 0 Å². The molecule has 1 N–H and O–H groups in total. The average Bonchev–Trinajstić information content (AvgIpc) is 2.42. The van der Waals surface area contributed by atoms with Crippen molar-refractivity contribution in [1.29, 1.82) is 0 Å². The van der Waals surface area contributed by atoms with Crippen LogP contribution in [-0.2, 0) is 4.79 Å². The van der Waals surface area contributed by atoms with Crippen LogP contribution in [0, 0.1) is 5.92 Å². The van der Waals surface area contributed by atoms with E-state index in [0.29, 0.717) is 6.54 Å². The van der Waals surface area contributed by atoms with E-state index in [-0.39, 0.29) is 36.0 Å². The van der Waals surface area contributed by atoms with Gasteiger partial charge in [-0.2, -0.15) is 0 Å². The third-order valence-corrected chi connectivity index (χ3v) is 3.89. The molecule has 0 heterocycles. The Morgan fingerprint density at radius 2 is 1.27 bits per heavy atom. The summed E-state index contributed by atoms with van der Waals surface area (Å²) >= 11 is 0. The molecule has 0 aromatic heterocycles. The van der Waals surface area contributed by atoms with Crippen molar-refractivity contribution >= 4 is 5.97 Å². The van der Waals surface area contributed by atoms with E-state index in [9.17, 15) is 9.90 Å². The number of rotatable bonds is 16. The third-order valence-electron chi connectivity index (χ3n) is 3.89. The number of hydrogen-bond donors (Lipinski definition) is 1. The molecule has 0 unspecified atom stereocenters. The van der Waals surface area contributed by atoms with Gasteiger partial charge in [0.2, 0.25) is 0 Å². The maximum absolute atomic E-state index is 10.2. The normalized spacial score (nSPS) is 10.7. The van der Waals surface area contributed by atoms with Crippen molar-refractivity contribution in [2.75, 3.05) is 13.1 Å². The van der Waals surface area contributed by atoms with Crippen molar-refractivity contribution in [3.63, 3.8) is 0 Å². The Bertz CT molecular complexity index is 235. The minimum atomic E-state index is -0.966. The molecule has 0 aromatic rings. The smallest absolute Gasteiger partial charge is 0.550 e. The summed E-state index contributed by atoms with van der Waals surface area (Å²) in [6.07, 6.45) is 15.0. The molecule has 22 heavy (non-hydrogen) atoms. The van der Waals surface area contributed by atoms with Crippen molar-refractivity contribution in [3.05, 3.63) is 0 Å². The summed E-state index contributed by atoms with van der Waals surface area (Å²) in [6.45, 7) is 6.08. The molecule has 0 amide bonds. The van der Waals surface area contributed by atoms with Crippen LogP contribution in [0.2, 0.25) is 0 Å². The number of carboxylic acids is 1. The fourth-order valence-electron chi connectivity index (χ4n) is 2.53. The number of unbranched alkanes of at least 4 members (excludes halogenated alkanes) is 9. The topological polar surface area (TPSA) is 52.2 Å². The molecule has 0 radical (unpaired) electrons. The fraction of sp³-hybridized carbons (Fsp3) is 0.944. The minimum Gasteiger partial charge on any atom is -0.550 e. The standard InChI is InChI=1S/C18H37NO2.Na/c1-17(2)13-11-9-7-5-3-4-6-8-10-12-15-19-16-14-18(20)21;/h17,19H,3-16H2,1-2H3,(H,20,21);/q;+1/p-1. The molecule has 0 saturated carbocycles. The second-order valence-corrected chi connectivity index (χ2v) is 6.59. The van der Waals surface area contributed by atoms with Crippen LogP contribution in [0.25, 0.3) is 0 Å². The first-order valence-corrected chi connectivity index (χ1v) is 9.03. The SMILES string of the molecule is CC(C)CCCCCCCCCCCCNCCC(=O)[O-].[Na+]. The molecule has 0 spiro atoms. The molecule has 4 heteroatoms. The summed E-state index contributed by atoms with van der Waals surface area (Å²) in [6, 6.07) is 0. The quantitative estimate of drug-likeness (QED) is 0.336. The van der Waals surface area contributed by atoms with E-state index in [2.05, 4.69) is 19.2 Å². The van der Waals surface area contributed by atoms with E-state index < -0.39 is 5.97 Å². The molecule has 126 valence electrons. The summed E-state index contributed by atoms with van der Waals surface area (Å²) in [7, 11) is 0. The molecule has 0 aliphatic rings. The molecule has 0 aliphatic heterocycles. The van der Waals surface area contributed by atoms with Crippen molar-refractivity contribution in [3.8, 4) is 0 Å². The van der Waals surface area contributed by atoms with Gasteiger partial charge in [0.05, 0.1) is 0 Å². The fourth-order valence-corrected chi connectivity index (χ4v) is 2.53. The Labute approximate surface area is 160 Å². The molecule has 0 aliphatic carbocycles. The van der Waals surface area contributed by atoms with Gasteiger partial charge in [0.1, 0.15) is 0 Å². The van der Waals surface area contributed by atoms with Crippen LogP contribution in [0.15, 0.2) is 0 Å². The summed E-state index contributed by atoms with van der Waals surface area (Å²) in [5.41, 5.74) is 0. The van der Waals surface area contributed by atoms with Crippen molar-refractivity contribution < 1.29 is 39.5 Å². The Hall–Kier alpha value is 0.430. The predicted molar refractivity (Wildman–Crippen MR) is 88.1 cm³/mol. The zero-order chi connectivity index (χ0) is 15.8. The number of hydrogen-bond acceptors (Lipinski definition) is 3. The summed E-state index contributed by atoms with van der Waals surface area (Å²) < 4.78 is 0. The van der Waals surface area contributed by atoms with Crippen LogP contribution in [0.3, 0.4) is 0 Å². The van der Waals surface area contributed by atoms with Gasteiger partial charge in [-0.1, -0.05) is 78.1 Å². The number of nitrogens with one attached hydrogen (secondary N) is 1. The molecule has 3 nitrogen and oxygen atoms in total. The molecule has 0 atom stereocenters. The number of aliphatic carboxylic acids is 1. The summed E-state index contributed by atoms with van der Waals surface area (Å²) in [5.74, 6) is -0.105. The third kappa shape index (κ3) is 22.7. The maximum atomic E-state index is 10.2. The molecular formula is C18H36NNaO2. The zero-order valence-corrected chi connectivity index (χ0v) is 17.3. The van der Waals surface area contributed by atoms with Crippen LogP contribution in [-0.4, -0.2) is 19.1 Å². The van der Waals surface area contributed by atoms with Gasteiger partial charge in [-0.15, -0.1) is 0 Å². The molecule has 0 aromatic carbocycles. The van der Waals surface area contributed by atoms with Gasteiger partial charge >= 0.3 is 29.6 Å². The average molecular weight is 321 g/mol. The molecule has 0 fully saturated rings. The van der Waals surface area contributed by atoms with Crippen molar-refractivity contribution in [2.45, 2.75) is 90.9 Å². The van der Waals surface area contributed by atoms with Crippen LogP contribution in [0.1, 0.15) is 90.9 Å². The van der Waals surface area contributed by atoms with Gasteiger partial charge in [-0.3, -0.25) is 0 Å². The van der Waals surface area contributed by atoms with Gasteiger partial charge in [-0.25, -0.2) is 0 Å². The first kappa shape index (κ1) is 24.7. The van der Waals surface area contributed by atoms with E-state index in [1.54, 1.807) is 0 Å². The first-order valence-electron chi connectivity index (χ1n) is 9.03. The Balaban J connectivity index is 0. The second kappa shape index (κ2) is 19.5. The van der Waals surface area contributed by atoms with E-state index >= 15 is 0 Å². The first-order chi connectivity index (χ1) is 10.1. The molecular weight excluding hydrogens is 285 g/mol. The molecule has 0 bridgehead atoms. The summed E-state index contributed by atoms with van der Waals surface area (Å²) in [5, 5.41) is 13.3. The number of carbonyl (C=O) groups excluding carboxylic acids is 1. The number of carbonyl (C=O) groups is 1. The van der Waals surface area contributed by atoms with E-state index in [1.807, 2.05) is 0 Å². The number of carboxylic acid groups (broad SMARTS) is 1. The summed E-state index contributed by atoms with van der Waals surface area (Å²) in [4.78, 5) is 10.2. The van der Waals surface area contributed by atoms with Gasteiger partial charge in [0.15, 0.2) is 0 Å². The molecule has 0 saturated heterocycles. The van der Waals surface area contributed by atoms with Crippen molar-refractivity contribution in [2.24, 2.45) is 5.92 Å². The van der Waals surface area contributed by atoms with E-state index in [1.165, 1.54) is 64.2 Å². The largest absolute Gasteiger partial charge is 1.00 e. The second-order valence-electron chi connectivity index (χ2n) is 6.59. The monoisotopic (exact) mass is 321 g/mol. The van der Waals surface area contributed by atoms with Gasteiger partial charge in [0, 0.05) is 12.5 Å². The van der Waals surface area contributed by atoms with Crippen LogP contribution < -0.4 is 40.0 Å². The van der Waals surface area contributed by atoms with E-state index in [4.69, 9.17) is 0 Å². The van der Waals surface area contributed by atoms with Gasteiger partial charge in [-0.05, 0) is 25.3 Å². The Morgan fingerprint density at radius 3 is 1.73 bits per heavy atom. The van der Waals surface area contributed by atoms with Gasteiger partial charge < -0.3 is 15.2 Å². The Morgan fingerprint density at radius 1 is 0.818 bits per heavy atom. The molecule has 0 rings (SSSR count). The minimum absolute atomic E-state index is 0. The zero-order valence-electron chi connectivity index (χ0n) is 15.3. The maximum Gasteiger partial charge on any atom is 1.00 e. The van der Waals surface area contributed by atoms with E-state index in [0.717, 1.165) is 18.9 Å². The Kier molecular flexibility index (Phi) is 21.8.